The molecule has 1 aliphatic rings. The molecule has 0 atom stereocenters. The molecule has 0 aromatic carbocycles. The van der Waals surface area contributed by atoms with E-state index >= 15 is 0 Å². The molecule has 25 heavy (non-hydrogen) atoms. The van der Waals surface area contributed by atoms with E-state index in [-0.39, 0.29) is 0 Å². The maximum Gasteiger partial charge on any atom is 0.138 e. The summed E-state index contributed by atoms with van der Waals surface area (Å²) in [6.45, 7) is 6.74. The van der Waals surface area contributed by atoms with Crippen LogP contribution in [0.5, 0.6) is 5.75 Å². The van der Waals surface area contributed by atoms with Gasteiger partial charge in [-0.25, -0.2) is 0 Å². The number of nitrogens with zero attached hydrogens (tertiary/aromatic N) is 1. The van der Waals surface area contributed by atoms with Crippen LogP contribution < -0.4 is 4.74 Å². The first-order valence-electron chi connectivity index (χ1n) is 10.8. The molecule has 1 aliphatic carbocycles. The molecule has 0 radical (unpaired) electrons. The molecule has 2 nitrogen and oxygen atoms in total. The van der Waals surface area contributed by atoms with Crippen molar-refractivity contribution in [1.29, 1.82) is 0 Å². The Morgan fingerprint density at radius 2 is 1.68 bits per heavy atom. The molecule has 0 aliphatic heterocycles. The van der Waals surface area contributed by atoms with E-state index in [4.69, 9.17) is 9.72 Å². The van der Waals surface area contributed by atoms with Crippen molar-refractivity contribution in [3.05, 3.63) is 23.5 Å². The van der Waals surface area contributed by atoms with E-state index in [1.807, 2.05) is 6.20 Å². The lowest BCUT2D eigenvalue weighted by atomic mass is 9.84. The molecule has 0 amide bonds. The van der Waals surface area contributed by atoms with Crippen LogP contribution in [0.15, 0.2) is 12.3 Å². The Hall–Kier alpha value is -1.05. The molecule has 1 aromatic heterocycles. The van der Waals surface area contributed by atoms with E-state index in [1.165, 1.54) is 88.3 Å². The van der Waals surface area contributed by atoms with Crippen LogP contribution in [0.3, 0.4) is 0 Å². The zero-order chi connectivity index (χ0) is 17.9. The van der Waals surface area contributed by atoms with E-state index in [2.05, 4.69) is 26.8 Å². The molecule has 2 rings (SSSR count). The summed E-state index contributed by atoms with van der Waals surface area (Å²) >= 11 is 0. The van der Waals surface area contributed by atoms with Gasteiger partial charge in [-0.1, -0.05) is 58.8 Å². The van der Waals surface area contributed by atoms with Gasteiger partial charge in [-0.2, -0.15) is 0 Å². The first-order chi connectivity index (χ1) is 12.2. The summed E-state index contributed by atoms with van der Waals surface area (Å²) in [6, 6.07) is 2.21. The van der Waals surface area contributed by atoms with E-state index in [0.717, 1.165) is 18.1 Å². The van der Waals surface area contributed by atoms with Gasteiger partial charge in [0.1, 0.15) is 5.75 Å². The van der Waals surface area contributed by atoms with Crippen molar-refractivity contribution < 1.29 is 4.74 Å². The summed E-state index contributed by atoms with van der Waals surface area (Å²) in [5.74, 6) is 1.92. The maximum absolute atomic E-state index is 6.24. The lowest BCUT2D eigenvalue weighted by molar-refractivity contribution is 0.127. The van der Waals surface area contributed by atoms with Gasteiger partial charge in [0.25, 0.3) is 0 Å². The van der Waals surface area contributed by atoms with Crippen molar-refractivity contribution >= 4 is 0 Å². The first-order valence-corrected chi connectivity index (χ1v) is 10.8. The Kier molecular flexibility index (Phi) is 9.36. The Morgan fingerprint density at radius 3 is 2.36 bits per heavy atom. The predicted octanol–water partition coefficient (Wildman–Crippen LogP) is 7.03. The molecular formula is C23H39NO. The summed E-state index contributed by atoms with van der Waals surface area (Å²) in [7, 11) is 0. The predicted molar refractivity (Wildman–Crippen MR) is 107 cm³/mol. The van der Waals surface area contributed by atoms with E-state index in [9.17, 15) is 0 Å². The first kappa shape index (κ1) is 20.3. The van der Waals surface area contributed by atoms with Gasteiger partial charge in [-0.05, 0) is 63.0 Å². The van der Waals surface area contributed by atoms with E-state index in [1.54, 1.807) is 0 Å². The second kappa shape index (κ2) is 11.5. The summed E-state index contributed by atoms with van der Waals surface area (Å²) in [5, 5.41) is 0. The fourth-order valence-corrected chi connectivity index (χ4v) is 4.02. The number of aromatic nitrogens is 1. The Morgan fingerprint density at radius 1 is 0.960 bits per heavy atom. The molecule has 0 N–H and O–H groups in total. The highest BCUT2D eigenvalue weighted by Crippen LogP contribution is 2.31. The lowest BCUT2D eigenvalue weighted by Gasteiger charge is -2.29. The molecule has 0 bridgehead atoms. The lowest BCUT2D eigenvalue weighted by Crippen LogP contribution is -2.24. The van der Waals surface area contributed by atoms with E-state index in [0.29, 0.717) is 6.10 Å². The fraction of sp³-hybridized carbons (Fsp3) is 0.783. The minimum Gasteiger partial charge on any atom is -0.489 e. The third-order valence-corrected chi connectivity index (χ3v) is 5.74. The van der Waals surface area contributed by atoms with Crippen LogP contribution in [-0.2, 0) is 6.42 Å². The standard InChI is InChI=1S/C23H39NO/c1-4-6-8-9-10-12-23-19(3)17-22(18-24-23)25-21-15-13-20(14-16-21)11-7-5-2/h17-18,20-21H,4-16H2,1-3H3. The number of pyridine rings is 1. The van der Waals surface area contributed by atoms with Crippen LogP contribution in [0.1, 0.15) is 102 Å². The minimum atomic E-state index is 0.402. The zero-order valence-electron chi connectivity index (χ0n) is 16.9. The average Bonchev–Trinajstić information content (AvgIpc) is 2.62. The van der Waals surface area contributed by atoms with Crippen LogP contribution in [0.25, 0.3) is 0 Å². The van der Waals surface area contributed by atoms with Crippen LogP contribution in [0.4, 0.5) is 0 Å². The average molecular weight is 346 g/mol. The summed E-state index contributed by atoms with van der Waals surface area (Å²) < 4.78 is 6.24. The minimum absolute atomic E-state index is 0.402. The van der Waals surface area contributed by atoms with Gasteiger partial charge in [0.05, 0.1) is 12.3 Å². The van der Waals surface area contributed by atoms with Gasteiger partial charge in [-0.15, -0.1) is 0 Å². The Balaban J connectivity index is 1.73. The molecular weight excluding hydrogens is 306 g/mol. The quantitative estimate of drug-likeness (QED) is 0.402. The normalized spacial score (nSPS) is 20.6. The van der Waals surface area contributed by atoms with Crippen LogP contribution in [0, 0.1) is 12.8 Å². The molecule has 142 valence electrons. The molecule has 0 unspecified atom stereocenters. The topological polar surface area (TPSA) is 22.1 Å². The number of unbranched alkanes of at least 4 members (excludes halogenated alkanes) is 5. The molecule has 1 heterocycles. The van der Waals surface area contributed by atoms with Gasteiger partial charge in [0, 0.05) is 5.69 Å². The zero-order valence-corrected chi connectivity index (χ0v) is 16.9. The number of hydrogen-bond donors (Lipinski definition) is 0. The summed E-state index contributed by atoms with van der Waals surface area (Å²) in [6.07, 6.45) is 19.3. The van der Waals surface area contributed by atoms with Crippen molar-refractivity contribution in [3.8, 4) is 5.75 Å². The van der Waals surface area contributed by atoms with Gasteiger partial charge in [0.15, 0.2) is 0 Å². The number of aryl methyl sites for hydroxylation is 2. The van der Waals surface area contributed by atoms with Gasteiger partial charge >= 0.3 is 0 Å². The van der Waals surface area contributed by atoms with Gasteiger partial charge in [-0.3, -0.25) is 4.98 Å². The third-order valence-electron chi connectivity index (χ3n) is 5.74. The van der Waals surface area contributed by atoms with Crippen molar-refractivity contribution in [2.75, 3.05) is 0 Å². The Labute approximate surface area is 155 Å². The van der Waals surface area contributed by atoms with Crippen molar-refractivity contribution in [1.82, 2.24) is 4.98 Å². The number of ether oxygens (including phenoxy) is 1. The van der Waals surface area contributed by atoms with Crippen LogP contribution in [0.2, 0.25) is 0 Å². The molecule has 0 spiro atoms. The molecule has 2 heteroatoms. The van der Waals surface area contributed by atoms with Crippen molar-refractivity contribution in [2.24, 2.45) is 5.92 Å². The smallest absolute Gasteiger partial charge is 0.138 e. The summed E-state index contributed by atoms with van der Waals surface area (Å²) in [5.41, 5.74) is 2.55. The van der Waals surface area contributed by atoms with E-state index < -0.39 is 0 Å². The van der Waals surface area contributed by atoms with Crippen LogP contribution in [-0.4, -0.2) is 11.1 Å². The number of hydrogen-bond acceptors (Lipinski definition) is 2. The van der Waals surface area contributed by atoms with Gasteiger partial charge < -0.3 is 4.74 Å². The van der Waals surface area contributed by atoms with Gasteiger partial charge in [0.2, 0.25) is 0 Å². The second-order valence-corrected chi connectivity index (χ2v) is 8.00. The van der Waals surface area contributed by atoms with Crippen molar-refractivity contribution in [3.63, 3.8) is 0 Å². The SMILES string of the molecule is CCCCCCCc1ncc(OC2CCC(CCCC)CC2)cc1C. The number of rotatable bonds is 11. The molecule has 0 saturated heterocycles. The third kappa shape index (κ3) is 7.38. The molecule has 1 fully saturated rings. The summed E-state index contributed by atoms with van der Waals surface area (Å²) in [4.78, 5) is 4.69. The maximum atomic E-state index is 6.24. The largest absolute Gasteiger partial charge is 0.489 e. The highest BCUT2D eigenvalue weighted by atomic mass is 16.5. The highest BCUT2D eigenvalue weighted by Gasteiger charge is 2.22. The Bertz CT molecular complexity index is 477. The van der Waals surface area contributed by atoms with Crippen molar-refractivity contribution in [2.45, 2.75) is 110 Å². The fourth-order valence-electron chi connectivity index (χ4n) is 4.02. The molecule has 1 saturated carbocycles. The highest BCUT2D eigenvalue weighted by molar-refractivity contribution is 5.28. The van der Waals surface area contributed by atoms with Crippen LogP contribution >= 0.6 is 0 Å². The molecule has 1 aromatic rings. The second-order valence-electron chi connectivity index (χ2n) is 8.00. The monoisotopic (exact) mass is 345 g/mol.